The van der Waals surface area contributed by atoms with E-state index in [1.807, 2.05) is 0 Å². The van der Waals surface area contributed by atoms with Crippen LogP contribution in [-0.2, 0) is 45.5 Å². The first-order valence-electron chi connectivity index (χ1n) is 13.0. The van der Waals surface area contributed by atoms with E-state index in [4.69, 9.17) is 14.3 Å². The number of thiazole rings is 1. The quantitative estimate of drug-likeness (QED) is 0.107. The second kappa shape index (κ2) is 12.4. The molecule has 18 nitrogen and oxygen atoms in total. The Balaban J connectivity index is 1.92. The summed E-state index contributed by atoms with van der Waals surface area (Å²) in [6.07, 6.45) is 1.88. The predicted molar refractivity (Wildman–Crippen MR) is 154 cm³/mol. The van der Waals surface area contributed by atoms with Crippen molar-refractivity contribution in [2.75, 3.05) is 5.32 Å². The van der Waals surface area contributed by atoms with Gasteiger partial charge in [-0.15, -0.1) is 16.4 Å². The zero-order chi connectivity index (χ0) is 33.3. The van der Waals surface area contributed by atoms with Crippen LogP contribution in [0.4, 0.5) is 9.93 Å². The van der Waals surface area contributed by atoms with Crippen molar-refractivity contribution in [1.82, 2.24) is 29.6 Å². The van der Waals surface area contributed by atoms with Gasteiger partial charge in [0.2, 0.25) is 5.60 Å². The Bertz CT molecular complexity index is 1540. The highest BCUT2D eigenvalue weighted by molar-refractivity contribution is 7.84. The molecule has 44 heavy (non-hydrogen) atoms. The number of aromatic nitrogens is 4. The predicted octanol–water partition coefficient (Wildman–Crippen LogP) is 1.12. The number of amides is 3. The number of rotatable bonds is 10. The molecule has 3 amide bonds. The molecule has 2 aromatic rings. The molecule has 242 valence electrons. The van der Waals surface area contributed by atoms with Crippen LogP contribution in [0.5, 0.6) is 0 Å². The Labute approximate surface area is 257 Å². The van der Waals surface area contributed by atoms with Crippen LogP contribution in [0.1, 0.15) is 61.1 Å². The average molecular weight is 659 g/mol. The molecule has 0 unspecified atom stereocenters. The number of carbonyl (C=O) groups is 4. The van der Waals surface area contributed by atoms with E-state index in [9.17, 15) is 32.1 Å². The molecule has 2 atom stereocenters. The van der Waals surface area contributed by atoms with E-state index in [1.54, 1.807) is 41.5 Å². The van der Waals surface area contributed by atoms with E-state index in [2.05, 4.69) is 31.1 Å². The fraction of sp³-hybridized carbons (Fsp3) is 0.583. The highest BCUT2D eigenvalue weighted by Crippen LogP contribution is 2.26. The molecule has 1 aliphatic rings. The van der Waals surface area contributed by atoms with Crippen molar-refractivity contribution >= 4 is 56.4 Å². The molecular formula is C24H34N8O10S2. The summed E-state index contributed by atoms with van der Waals surface area (Å²) >= 11 is 0.906. The number of anilines is 1. The topological polar surface area (TPSA) is 234 Å². The first-order valence-corrected chi connectivity index (χ1v) is 15.3. The molecule has 1 saturated heterocycles. The van der Waals surface area contributed by atoms with Gasteiger partial charge in [0.05, 0.1) is 18.8 Å². The fourth-order valence-electron chi connectivity index (χ4n) is 3.51. The van der Waals surface area contributed by atoms with E-state index in [-0.39, 0.29) is 21.7 Å². The average Bonchev–Trinajstić information content (AvgIpc) is 3.51. The van der Waals surface area contributed by atoms with E-state index in [1.165, 1.54) is 36.3 Å². The van der Waals surface area contributed by atoms with Gasteiger partial charge in [-0.05, 0) is 55.4 Å². The summed E-state index contributed by atoms with van der Waals surface area (Å²) in [6, 6.07) is -2.75. The number of nitrogens with zero attached hydrogens (tertiary/aromatic N) is 6. The summed E-state index contributed by atoms with van der Waals surface area (Å²) in [5.74, 6) is -2.99. The third-order valence-corrected chi connectivity index (χ3v) is 7.08. The van der Waals surface area contributed by atoms with E-state index >= 15 is 0 Å². The van der Waals surface area contributed by atoms with Gasteiger partial charge in [0.25, 0.3) is 11.8 Å². The Morgan fingerprint density at radius 2 is 1.73 bits per heavy atom. The van der Waals surface area contributed by atoms with Crippen molar-refractivity contribution in [1.29, 1.82) is 0 Å². The van der Waals surface area contributed by atoms with Gasteiger partial charge >= 0.3 is 22.4 Å². The maximum absolute atomic E-state index is 13.5. The Morgan fingerprint density at radius 3 is 2.27 bits per heavy atom. The second-order valence-electron chi connectivity index (χ2n) is 12.0. The van der Waals surface area contributed by atoms with Gasteiger partial charge in [-0.1, -0.05) is 10.4 Å². The smallest absolute Gasteiger partial charge is 0.413 e. The zero-order valence-corrected chi connectivity index (χ0v) is 26.8. The summed E-state index contributed by atoms with van der Waals surface area (Å²) in [6.45, 7) is 12.4. The number of hydrogen-bond donors (Lipinski definition) is 3. The highest BCUT2D eigenvalue weighted by atomic mass is 32.2. The summed E-state index contributed by atoms with van der Waals surface area (Å²) in [5.41, 5.74) is -4.03. The van der Waals surface area contributed by atoms with Crippen molar-refractivity contribution in [3.8, 4) is 0 Å². The van der Waals surface area contributed by atoms with Gasteiger partial charge in [-0.25, -0.2) is 18.9 Å². The molecule has 2 aromatic heterocycles. The Morgan fingerprint density at radius 1 is 1.09 bits per heavy atom. The molecule has 3 N–H and O–H groups in total. The van der Waals surface area contributed by atoms with E-state index < -0.39 is 68.8 Å². The lowest BCUT2D eigenvalue weighted by Crippen LogP contribution is -2.73. The molecule has 3 rings (SSSR count). The first-order chi connectivity index (χ1) is 20.1. The fourth-order valence-corrected chi connectivity index (χ4v) is 5.06. The molecule has 0 aromatic carbocycles. The van der Waals surface area contributed by atoms with Gasteiger partial charge in [0.15, 0.2) is 10.8 Å². The van der Waals surface area contributed by atoms with Crippen LogP contribution in [0, 0.1) is 0 Å². The number of β-lactam (4-membered cyclic amide) rings is 1. The van der Waals surface area contributed by atoms with Crippen molar-refractivity contribution in [3.05, 3.63) is 23.5 Å². The van der Waals surface area contributed by atoms with Crippen molar-refractivity contribution < 1.29 is 46.5 Å². The summed E-state index contributed by atoms with van der Waals surface area (Å²) in [5, 5.41) is 17.3. The molecule has 1 aliphatic heterocycles. The van der Waals surface area contributed by atoms with Crippen LogP contribution < -0.4 is 10.6 Å². The molecule has 20 heteroatoms. The SMILES string of the molecule is CC(C)(C)OC(=O)Nc1nc(C(=NOC(C)(C)C(=O)OC(C)(C)C)C(=O)N[C@@H]2C(=O)N(S(=O)(=O)O)[C@@H]2Cn2ccnn2)cs1. The van der Waals surface area contributed by atoms with Crippen LogP contribution in [0.15, 0.2) is 22.9 Å². The largest absolute Gasteiger partial charge is 0.457 e. The molecule has 0 bridgehead atoms. The molecule has 0 aliphatic carbocycles. The minimum absolute atomic E-state index is 0.0162. The first kappa shape index (κ1) is 34.3. The second-order valence-corrected chi connectivity index (χ2v) is 14.1. The normalized spacial score (nSPS) is 17.9. The third-order valence-electron chi connectivity index (χ3n) is 5.38. The molecule has 1 fully saturated rings. The highest BCUT2D eigenvalue weighted by Gasteiger charge is 2.54. The molecule has 0 radical (unpaired) electrons. The molecule has 0 saturated carbocycles. The lowest BCUT2D eigenvalue weighted by molar-refractivity contribution is -0.179. The third kappa shape index (κ3) is 8.92. The number of ether oxygens (including phenoxy) is 2. The van der Waals surface area contributed by atoms with E-state index in [0.717, 1.165) is 11.3 Å². The monoisotopic (exact) mass is 658 g/mol. The van der Waals surface area contributed by atoms with E-state index in [0.29, 0.717) is 0 Å². The maximum atomic E-state index is 13.5. The summed E-state index contributed by atoms with van der Waals surface area (Å²) in [7, 11) is -4.98. The minimum atomic E-state index is -4.98. The number of esters is 1. The summed E-state index contributed by atoms with van der Waals surface area (Å²) < 4.78 is 45.3. The number of carbonyl (C=O) groups excluding carboxylic acids is 4. The van der Waals surface area contributed by atoms with Gasteiger partial charge in [0, 0.05) is 11.6 Å². The van der Waals surface area contributed by atoms with Crippen LogP contribution in [-0.4, -0.2) is 95.7 Å². The minimum Gasteiger partial charge on any atom is -0.457 e. The molecule has 3 heterocycles. The van der Waals surface area contributed by atoms with Crippen LogP contribution >= 0.6 is 11.3 Å². The van der Waals surface area contributed by atoms with Gasteiger partial charge < -0.3 is 19.6 Å². The van der Waals surface area contributed by atoms with Crippen LogP contribution in [0.2, 0.25) is 0 Å². The standard InChI is InChI=1S/C24H34N8O10S2/c1-22(2,3)40-19(35)24(7,8)42-29-15(13-12-43-20(26-13)28-21(36)41-23(4,5)6)17(33)27-16-14(11-31-10-9-25-30-31)32(18(16)34)44(37,38)39/h9-10,12,14,16H,11H2,1-8H3,(H,27,33)(H,26,28,36)(H,37,38,39)/t14-,16+/m1/s1. The Hall–Kier alpha value is -4.17. The zero-order valence-electron chi connectivity index (χ0n) is 25.2. The van der Waals surface area contributed by atoms with Crippen LogP contribution in [0.25, 0.3) is 0 Å². The van der Waals surface area contributed by atoms with Crippen molar-refractivity contribution in [3.63, 3.8) is 0 Å². The van der Waals surface area contributed by atoms with Gasteiger partial charge in [0.1, 0.15) is 22.9 Å². The van der Waals surface area contributed by atoms with Gasteiger partial charge in [-0.2, -0.15) is 8.42 Å². The number of nitrogens with one attached hydrogen (secondary N) is 2. The lowest BCUT2D eigenvalue weighted by atomic mass is 9.98. The van der Waals surface area contributed by atoms with Crippen LogP contribution in [0.3, 0.4) is 0 Å². The summed E-state index contributed by atoms with van der Waals surface area (Å²) in [4.78, 5) is 60.8. The maximum Gasteiger partial charge on any atom is 0.413 e. The Kier molecular flexibility index (Phi) is 9.71. The lowest BCUT2D eigenvalue weighted by Gasteiger charge is -2.43. The van der Waals surface area contributed by atoms with Crippen molar-refractivity contribution in [2.24, 2.45) is 5.16 Å². The molecular weight excluding hydrogens is 624 g/mol. The van der Waals surface area contributed by atoms with Crippen molar-refractivity contribution in [2.45, 2.75) is 90.8 Å². The molecule has 0 spiro atoms. The van der Waals surface area contributed by atoms with Gasteiger partial charge in [-0.3, -0.25) is 24.1 Å². The number of oxime groups is 1. The number of hydrogen-bond acceptors (Lipinski definition) is 14.